The van der Waals surface area contributed by atoms with Crippen LogP contribution in [0.2, 0.25) is 0 Å². The molecule has 0 aliphatic carbocycles. The number of aromatic nitrogens is 1. The maximum atomic E-state index is 5.75. The minimum absolute atomic E-state index is 0.804. The van der Waals surface area contributed by atoms with Gasteiger partial charge in [-0.3, -0.25) is 0 Å². The highest BCUT2D eigenvalue weighted by molar-refractivity contribution is 7.19. The number of nitrogens with two attached hydrogens (primary N) is 1. The van der Waals surface area contributed by atoms with E-state index in [9.17, 15) is 0 Å². The number of thiazole rings is 1. The lowest BCUT2D eigenvalue weighted by Gasteiger charge is -2.40. The van der Waals surface area contributed by atoms with Crippen molar-refractivity contribution in [3.8, 4) is 0 Å². The van der Waals surface area contributed by atoms with Crippen molar-refractivity contribution >= 4 is 21.5 Å². The third kappa shape index (κ3) is 2.62. The van der Waals surface area contributed by atoms with Gasteiger partial charge >= 0.3 is 0 Å². The summed E-state index contributed by atoms with van der Waals surface area (Å²) in [5.74, 6) is 0. The number of nitrogens with zero attached hydrogens (tertiary/aromatic N) is 3. The minimum Gasteiger partial charge on any atom is -0.389 e. The molecule has 3 heterocycles. The van der Waals surface area contributed by atoms with Gasteiger partial charge in [-0.1, -0.05) is 17.8 Å². The van der Waals surface area contributed by atoms with E-state index in [1.165, 1.54) is 45.2 Å². The van der Waals surface area contributed by atoms with E-state index in [4.69, 9.17) is 5.73 Å². The Morgan fingerprint density at radius 2 is 1.83 bits per heavy atom. The largest absolute Gasteiger partial charge is 0.389 e. The second kappa shape index (κ2) is 5.45. The lowest BCUT2D eigenvalue weighted by atomic mass is 10.0. The summed E-state index contributed by atoms with van der Waals surface area (Å²) < 4.78 is 0. The van der Waals surface area contributed by atoms with Gasteiger partial charge in [0.15, 0.2) is 5.13 Å². The second-order valence-electron chi connectivity index (χ2n) is 5.36. The fourth-order valence-corrected chi connectivity index (χ4v) is 3.86. The van der Waals surface area contributed by atoms with Crippen molar-refractivity contribution in [1.29, 1.82) is 0 Å². The fourth-order valence-electron chi connectivity index (χ4n) is 3.13. The summed E-state index contributed by atoms with van der Waals surface area (Å²) in [5.41, 5.74) is 5.75. The monoisotopic (exact) mass is 266 g/mol. The minimum atomic E-state index is 0.804. The van der Waals surface area contributed by atoms with Gasteiger partial charge < -0.3 is 15.5 Å². The molecule has 0 unspecified atom stereocenters. The Hall–Kier alpha value is -0.810. The van der Waals surface area contributed by atoms with Crippen LogP contribution in [0.1, 0.15) is 32.1 Å². The van der Waals surface area contributed by atoms with Gasteiger partial charge in [-0.2, -0.15) is 0 Å². The Labute approximate surface area is 113 Å². The Bertz CT molecular complexity index is 378. The molecule has 100 valence electrons. The number of nitrogen functional groups attached to an aromatic ring is 1. The summed E-state index contributed by atoms with van der Waals surface area (Å²) in [4.78, 5) is 9.48. The van der Waals surface area contributed by atoms with Crippen LogP contribution in [-0.4, -0.2) is 42.1 Å². The van der Waals surface area contributed by atoms with E-state index in [2.05, 4.69) is 14.8 Å². The number of rotatable bonds is 2. The molecule has 0 atom stereocenters. The fraction of sp³-hybridized carbons (Fsp3) is 0.769. The number of anilines is 2. The quantitative estimate of drug-likeness (QED) is 0.891. The Kier molecular flexibility index (Phi) is 3.70. The van der Waals surface area contributed by atoms with Crippen molar-refractivity contribution < 1.29 is 0 Å². The zero-order valence-corrected chi connectivity index (χ0v) is 11.7. The first-order valence-electron chi connectivity index (χ1n) is 7.03. The smallest absolute Gasteiger partial charge is 0.187 e. The van der Waals surface area contributed by atoms with Gasteiger partial charge in [-0.15, -0.1) is 0 Å². The molecule has 2 N–H and O–H groups in total. The molecule has 1 aromatic heterocycles. The van der Waals surface area contributed by atoms with Crippen molar-refractivity contribution in [3.05, 3.63) is 6.20 Å². The first-order valence-corrected chi connectivity index (χ1v) is 7.85. The van der Waals surface area contributed by atoms with Crippen LogP contribution in [0.25, 0.3) is 0 Å². The van der Waals surface area contributed by atoms with Crippen LogP contribution in [0.4, 0.5) is 10.1 Å². The third-order valence-electron chi connectivity index (χ3n) is 4.15. The average molecular weight is 266 g/mol. The molecule has 2 aliphatic heterocycles. The van der Waals surface area contributed by atoms with Crippen LogP contribution in [0, 0.1) is 0 Å². The zero-order chi connectivity index (χ0) is 12.4. The molecule has 2 saturated heterocycles. The molecule has 18 heavy (non-hydrogen) atoms. The summed E-state index contributed by atoms with van der Waals surface area (Å²) in [6.45, 7) is 4.89. The van der Waals surface area contributed by atoms with E-state index in [1.54, 1.807) is 17.5 Å². The molecule has 3 rings (SSSR count). The first kappa shape index (κ1) is 12.2. The van der Waals surface area contributed by atoms with Gasteiger partial charge in [0, 0.05) is 19.1 Å². The number of hydrogen-bond acceptors (Lipinski definition) is 5. The van der Waals surface area contributed by atoms with Gasteiger partial charge in [0.05, 0.1) is 6.20 Å². The van der Waals surface area contributed by atoms with Gasteiger partial charge in [0.2, 0.25) is 0 Å². The molecule has 0 spiro atoms. The topological polar surface area (TPSA) is 45.4 Å². The predicted octanol–water partition coefficient (Wildman–Crippen LogP) is 2.18. The molecular weight excluding hydrogens is 244 g/mol. The highest BCUT2D eigenvalue weighted by Crippen LogP contribution is 2.28. The Morgan fingerprint density at radius 3 is 2.44 bits per heavy atom. The van der Waals surface area contributed by atoms with E-state index in [0.29, 0.717) is 0 Å². The van der Waals surface area contributed by atoms with E-state index >= 15 is 0 Å². The average Bonchev–Trinajstić information content (AvgIpc) is 2.87. The number of hydrogen-bond donors (Lipinski definition) is 1. The number of likely N-dealkylation sites (tertiary alicyclic amines) is 1. The van der Waals surface area contributed by atoms with Crippen molar-refractivity contribution in [2.75, 3.05) is 36.8 Å². The molecule has 0 radical (unpaired) electrons. The molecule has 5 heteroatoms. The van der Waals surface area contributed by atoms with Crippen molar-refractivity contribution in [3.63, 3.8) is 0 Å². The highest BCUT2D eigenvalue weighted by Gasteiger charge is 2.26. The second-order valence-corrected chi connectivity index (χ2v) is 6.40. The first-order chi connectivity index (χ1) is 8.83. The molecule has 0 amide bonds. The van der Waals surface area contributed by atoms with Crippen LogP contribution in [0.5, 0.6) is 0 Å². The molecule has 0 bridgehead atoms. The third-order valence-corrected chi connectivity index (χ3v) is 5.04. The van der Waals surface area contributed by atoms with Crippen LogP contribution >= 0.6 is 11.3 Å². The van der Waals surface area contributed by atoms with Crippen molar-refractivity contribution in [2.45, 2.75) is 38.1 Å². The van der Waals surface area contributed by atoms with E-state index < -0.39 is 0 Å². The summed E-state index contributed by atoms with van der Waals surface area (Å²) >= 11 is 1.61. The van der Waals surface area contributed by atoms with E-state index in [1.807, 2.05) is 0 Å². The van der Waals surface area contributed by atoms with Crippen LogP contribution in [-0.2, 0) is 0 Å². The highest BCUT2D eigenvalue weighted by atomic mass is 32.1. The van der Waals surface area contributed by atoms with Gasteiger partial charge in [-0.25, -0.2) is 4.98 Å². The van der Waals surface area contributed by atoms with E-state index in [0.717, 1.165) is 29.3 Å². The van der Waals surface area contributed by atoms with Gasteiger partial charge in [0.25, 0.3) is 0 Å². The van der Waals surface area contributed by atoms with Crippen LogP contribution < -0.4 is 10.6 Å². The molecule has 0 saturated carbocycles. The molecule has 2 fully saturated rings. The van der Waals surface area contributed by atoms with Crippen molar-refractivity contribution in [2.24, 2.45) is 0 Å². The number of piperidine rings is 2. The predicted molar refractivity (Wildman–Crippen MR) is 77.2 cm³/mol. The summed E-state index contributed by atoms with van der Waals surface area (Å²) in [6, 6.07) is 0.804. The molecule has 1 aromatic rings. The lowest BCUT2D eigenvalue weighted by molar-refractivity contribution is 0.141. The van der Waals surface area contributed by atoms with E-state index in [-0.39, 0.29) is 0 Å². The maximum Gasteiger partial charge on any atom is 0.187 e. The Balaban J connectivity index is 1.54. The normalized spacial score (nSPS) is 23.4. The molecular formula is C13H22N4S. The van der Waals surface area contributed by atoms with Crippen molar-refractivity contribution in [1.82, 2.24) is 9.88 Å². The summed E-state index contributed by atoms with van der Waals surface area (Å²) in [7, 11) is 0. The van der Waals surface area contributed by atoms with Gasteiger partial charge in [0.1, 0.15) is 5.00 Å². The van der Waals surface area contributed by atoms with Crippen LogP contribution in [0.15, 0.2) is 6.20 Å². The molecule has 0 aromatic carbocycles. The Morgan fingerprint density at radius 1 is 1.11 bits per heavy atom. The lowest BCUT2D eigenvalue weighted by Crippen LogP contribution is -2.46. The summed E-state index contributed by atoms with van der Waals surface area (Å²) in [6.07, 6.45) is 8.54. The zero-order valence-electron chi connectivity index (χ0n) is 10.8. The standard InChI is InChI=1S/C13H22N4S/c14-12-10-15-13(18-12)17-8-4-11(5-9-17)16-6-2-1-3-7-16/h10-11H,1-9,14H2. The van der Waals surface area contributed by atoms with Gasteiger partial charge in [-0.05, 0) is 38.8 Å². The van der Waals surface area contributed by atoms with Crippen LogP contribution in [0.3, 0.4) is 0 Å². The SMILES string of the molecule is Nc1cnc(N2CCC(N3CCCCC3)CC2)s1. The molecule has 4 nitrogen and oxygen atoms in total. The summed E-state index contributed by atoms with van der Waals surface area (Å²) in [5, 5.41) is 1.92. The maximum absolute atomic E-state index is 5.75. The molecule has 2 aliphatic rings.